The Kier molecular flexibility index (Phi) is 4.84. The van der Waals surface area contributed by atoms with Gasteiger partial charge in [0.05, 0.1) is 20.8 Å². The van der Waals surface area contributed by atoms with E-state index in [-0.39, 0.29) is 21.7 Å². The number of rotatable bonds is 4. The summed E-state index contributed by atoms with van der Waals surface area (Å²) in [5, 5.41) is 0.0256. The van der Waals surface area contributed by atoms with Gasteiger partial charge in [-0.15, -0.1) is 0 Å². The second-order valence-corrected chi connectivity index (χ2v) is 8.06. The Morgan fingerprint density at radius 2 is 2.29 bits per heavy atom. The topological polar surface area (TPSA) is 81.4 Å². The van der Waals surface area contributed by atoms with Crippen LogP contribution in [0.5, 0.6) is 0 Å². The Hall–Kier alpha value is -0.410. The molecule has 118 valence electrons. The third kappa shape index (κ3) is 3.50. The summed E-state index contributed by atoms with van der Waals surface area (Å²) >= 11 is 8.84. The molecule has 9 heteroatoms. The van der Waals surface area contributed by atoms with E-state index in [1.165, 1.54) is 0 Å². The van der Waals surface area contributed by atoms with E-state index < -0.39 is 26.3 Å². The van der Waals surface area contributed by atoms with Crippen LogP contribution in [0.1, 0.15) is 19.8 Å². The Morgan fingerprint density at radius 1 is 1.62 bits per heavy atom. The summed E-state index contributed by atoms with van der Waals surface area (Å²) in [6, 6.07) is 1.03. The Morgan fingerprint density at radius 3 is 2.86 bits per heavy atom. The summed E-state index contributed by atoms with van der Waals surface area (Å²) in [4.78, 5) is -0.574. The molecule has 1 saturated heterocycles. The van der Waals surface area contributed by atoms with Gasteiger partial charge in [0.1, 0.15) is 4.90 Å². The van der Waals surface area contributed by atoms with Gasteiger partial charge in [-0.1, -0.05) is 11.6 Å². The fraction of sp³-hybridized carbons (Fsp3) is 0.500. The van der Waals surface area contributed by atoms with Crippen LogP contribution in [0.4, 0.5) is 10.1 Å². The smallest absolute Gasteiger partial charge is 0.243 e. The van der Waals surface area contributed by atoms with Crippen molar-refractivity contribution in [3.8, 4) is 0 Å². The van der Waals surface area contributed by atoms with Crippen LogP contribution in [0.2, 0.25) is 5.02 Å². The lowest BCUT2D eigenvalue weighted by Gasteiger charge is -2.23. The number of halogens is 3. The van der Waals surface area contributed by atoms with Crippen molar-refractivity contribution < 1.29 is 17.5 Å². The van der Waals surface area contributed by atoms with Crippen LogP contribution >= 0.6 is 27.5 Å². The van der Waals surface area contributed by atoms with E-state index in [1.807, 2.05) is 6.92 Å². The number of nitrogens with one attached hydrogen (secondary N) is 1. The van der Waals surface area contributed by atoms with E-state index >= 15 is 0 Å². The number of sulfonamides is 1. The summed E-state index contributed by atoms with van der Waals surface area (Å²) < 4.78 is 46.5. The van der Waals surface area contributed by atoms with E-state index in [1.54, 1.807) is 0 Å². The van der Waals surface area contributed by atoms with Crippen molar-refractivity contribution in [2.45, 2.75) is 30.3 Å². The maximum absolute atomic E-state index is 14.1. The van der Waals surface area contributed by atoms with Crippen LogP contribution in [-0.4, -0.2) is 27.2 Å². The van der Waals surface area contributed by atoms with E-state index in [0.29, 0.717) is 6.61 Å². The van der Waals surface area contributed by atoms with Gasteiger partial charge in [-0.25, -0.2) is 17.5 Å². The summed E-state index contributed by atoms with van der Waals surface area (Å²) in [5.74, 6) is -1.03. The van der Waals surface area contributed by atoms with Crippen LogP contribution in [0.15, 0.2) is 15.4 Å². The number of hydrogen-bond donors (Lipinski definition) is 2. The molecule has 0 saturated carbocycles. The molecular formula is C12H15BrClFN2O3S. The highest BCUT2D eigenvalue weighted by molar-refractivity contribution is 9.10. The van der Waals surface area contributed by atoms with E-state index in [9.17, 15) is 12.8 Å². The normalized spacial score (nSPS) is 22.7. The van der Waals surface area contributed by atoms with Crippen LogP contribution in [-0.2, 0) is 14.8 Å². The van der Waals surface area contributed by atoms with Crippen molar-refractivity contribution in [3.05, 3.63) is 21.4 Å². The van der Waals surface area contributed by atoms with Crippen molar-refractivity contribution >= 4 is 43.2 Å². The molecule has 1 unspecified atom stereocenters. The summed E-state index contributed by atoms with van der Waals surface area (Å²) in [5.41, 5.74) is 4.58. The monoisotopic (exact) mass is 400 g/mol. The molecule has 0 radical (unpaired) electrons. The molecular weight excluding hydrogens is 387 g/mol. The largest absolute Gasteiger partial charge is 0.395 e. The third-order valence-corrected chi connectivity index (χ3v) is 6.16. The molecule has 0 amide bonds. The van der Waals surface area contributed by atoms with E-state index in [4.69, 9.17) is 22.1 Å². The zero-order valence-corrected chi connectivity index (χ0v) is 14.4. The Labute approximate surface area is 136 Å². The average molecular weight is 402 g/mol. The molecule has 0 spiro atoms. The molecule has 0 bridgehead atoms. The molecule has 1 aliphatic heterocycles. The predicted octanol–water partition coefficient (Wildman–Crippen LogP) is 2.67. The molecule has 1 fully saturated rings. The van der Waals surface area contributed by atoms with Crippen molar-refractivity contribution in [1.82, 2.24) is 4.72 Å². The van der Waals surface area contributed by atoms with Crippen LogP contribution in [0.25, 0.3) is 0 Å². The van der Waals surface area contributed by atoms with E-state index in [2.05, 4.69) is 20.7 Å². The lowest BCUT2D eigenvalue weighted by atomic mass is 10.0. The number of anilines is 1. The highest BCUT2D eigenvalue weighted by Crippen LogP contribution is 2.35. The van der Waals surface area contributed by atoms with Gasteiger partial charge in [-0.2, -0.15) is 0 Å². The van der Waals surface area contributed by atoms with Gasteiger partial charge < -0.3 is 10.5 Å². The molecule has 21 heavy (non-hydrogen) atoms. The first kappa shape index (κ1) is 17.0. The molecule has 1 heterocycles. The Bertz CT molecular complexity index is 663. The van der Waals surface area contributed by atoms with Gasteiger partial charge in [0.15, 0.2) is 5.82 Å². The Balaban J connectivity index is 2.28. The fourth-order valence-electron chi connectivity index (χ4n) is 2.10. The van der Waals surface area contributed by atoms with Crippen molar-refractivity contribution in [2.75, 3.05) is 18.9 Å². The second kappa shape index (κ2) is 6.00. The molecule has 1 aromatic carbocycles. The first-order chi connectivity index (χ1) is 9.66. The number of nitrogens with two attached hydrogens (primary N) is 1. The first-order valence-electron chi connectivity index (χ1n) is 6.23. The number of nitrogen functional groups attached to an aromatic ring is 1. The minimum atomic E-state index is -4.07. The quantitative estimate of drug-likeness (QED) is 0.600. The van der Waals surface area contributed by atoms with Crippen LogP contribution in [0.3, 0.4) is 0 Å². The summed E-state index contributed by atoms with van der Waals surface area (Å²) in [6.07, 6.45) is 1.60. The van der Waals surface area contributed by atoms with Crippen LogP contribution in [0, 0.1) is 5.82 Å². The molecule has 1 aromatic rings. The first-order valence-corrected chi connectivity index (χ1v) is 8.88. The lowest BCUT2D eigenvalue weighted by Crippen LogP contribution is -2.40. The number of ether oxygens (including phenoxy) is 1. The van der Waals surface area contributed by atoms with Crippen molar-refractivity contribution in [3.63, 3.8) is 0 Å². The lowest BCUT2D eigenvalue weighted by molar-refractivity contribution is 0.0250. The number of hydrogen-bond acceptors (Lipinski definition) is 4. The minimum absolute atomic E-state index is 0.0256. The third-order valence-electron chi connectivity index (χ3n) is 3.38. The van der Waals surface area contributed by atoms with Crippen molar-refractivity contribution in [1.29, 1.82) is 0 Å². The summed E-state index contributed by atoms with van der Waals surface area (Å²) in [7, 11) is -4.07. The maximum atomic E-state index is 14.1. The predicted molar refractivity (Wildman–Crippen MR) is 82.3 cm³/mol. The molecule has 0 aliphatic carbocycles. The standard InChI is InChI=1S/C12H15BrClFN2O3S/c1-12(3-2-4-20-12)6-17-21(18,19)8-5-7(14)9(13)11(16)10(8)15/h5,17H,2-4,6,16H2,1H3. The van der Waals surface area contributed by atoms with Gasteiger partial charge in [-0.05, 0) is 41.8 Å². The molecule has 0 aromatic heterocycles. The molecule has 3 N–H and O–H groups in total. The van der Waals surface area contributed by atoms with Gasteiger partial charge in [0.2, 0.25) is 10.0 Å². The second-order valence-electron chi connectivity index (χ2n) is 5.12. The van der Waals surface area contributed by atoms with Crippen molar-refractivity contribution in [2.24, 2.45) is 0 Å². The average Bonchev–Trinajstić information content (AvgIpc) is 2.86. The van der Waals surface area contributed by atoms with Gasteiger partial charge in [0.25, 0.3) is 0 Å². The maximum Gasteiger partial charge on any atom is 0.243 e. The SMILES string of the molecule is CC1(CNS(=O)(=O)c2cc(Cl)c(Br)c(N)c2F)CCCO1. The highest BCUT2D eigenvalue weighted by Gasteiger charge is 2.32. The molecule has 2 rings (SSSR count). The molecule has 1 aliphatic rings. The highest BCUT2D eigenvalue weighted by atomic mass is 79.9. The summed E-state index contributed by atoms with van der Waals surface area (Å²) in [6.45, 7) is 2.45. The molecule has 1 atom stereocenters. The molecule has 5 nitrogen and oxygen atoms in total. The number of benzene rings is 1. The van der Waals surface area contributed by atoms with Gasteiger partial charge >= 0.3 is 0 Å². The minimum Gasteiger partial charge on any atom is -0.395 e. The van der Waals surface area contributed by atoms with E-state index in [0.717, 1.165) is 18.9 Å². The zero-order chi connectivity index (χ0) is 15.8. The fourth-order valence-corrected chi connectivity index (χ4v) is 3.93. The van der Waals surface area contributed by atoms with Gasteiger partial charge in [0, 0.05) is 13.2 Å². The zero-order valence-electron chi connectivity index (χ0n) is 11.3. The van der Waals surface area contributed by atoms with Gasteiger partial charge in [-0.3, -0.25) is 0 Å². The van der Waals surface area contributed by atoms with Crippen LogP contribution < -0.4 is 10.5 Å².